The average molecular weight is 410 g/mol. The molecular formula is C19H26N2O6S. The van der Waals surface area contributed by atoms with E-state index in [1.54, 1.807) is 13.8 Å². The third-order valence-corrected chi connectivity index (χ3v) is 6.16. The SMILES string of the molecule is CCOC(=O)C(C=Nc1ccc(S(=O)(=O)N2CCCCC2)cc1)C(=O)OCC. The van der Waals surface area contributed by atoms with Crippen LogP contribution in [0.2, 0.25) is 0 Å². The number of sulfonamides is 1. The molecule has 0 unspecified atom stereocenters. The van der Waals surface area contributed by atoms with Gasteiger partial charge in [0.1, 0.15) is 0 Å². The van der Waals surface area contributed by atoms with Crippen molar-refractivity contribution >= 4 is 33.9 Å². The van der Waals surface area contributed by atoms with Crippen molar-refractivity contribution in [3.8, 4) is 0 Å². The predicted octanol–water partition coefficient (Wildman–Crippen LogP) is 2.31. The van der Waals surface area contributed by atoms with Crippen molar-refractivity contribution in [3.05, 3.63) is 24.3 Å². The molecule has 1 fully saturated rings. The fourth-order valence-electron chi connectivity index (χ4n) is 2.80. The van der Waals surface area contributed by atoms with Gasteiger partial charge in [0.2, 0.25) is 10.0 Å². The van der Waals surface area contributed by atoms with Crippen molar-refractivity contribution in [1.29, 1.82) is 0 Å². The zero-order valence-corrected chi connectivity index (χ0v) is 17.0. The highest BCUT2D eigenvalue weighted by Gasteiger charge is 2.28. The van der Waals surface area contributed by atoms with Crippen LogP contribution in [-0.2, 0) is 29.1 Å². The lowest BCUT2D eigenvalue weighted by atomic mass is 10.1. The minimum absolute atomic E-state index is 0.131. The second-order valence-corrected chi connectivity index (χ2v) is 8.16. The number of hydrogen-bond donors (Lipinski definition) is 0. The first kappa shape index (κ1) is 22.0. The van der Waals surface area contributed by atoms with Gasteiger partial charge in [-0.15, -0.1) is 0 Å². The maximum atomic E-state index is 12.7. The Morgan fingerprint density at radius 1 is 1.04 bits per heavy atom. The molecule has 0 bridgehead atoms. The summed E-state index contributed by atoms with van der Waals surface area (Å²) in [6.45, 7) is 4.60. The number of benzene rings is 1. The molecule has 2 rings (SSSR count). The van der Waals surface area contributed by atoms with E-state index in [2.05, 4.69) is 4.99 Å². The Morgan fingerprint density at radius 3 is 2.07 bits per heavy atom. The van der Waals surface area contributed by atoms with Crippen LogP contribution >= 0.6 is 0 Å². The molecule has 8 nitrogen and oxygen atoms in total. The second kappa shape index (κ2) is 10.3. The third kappa shape index (κ3) is 5.62. The first-order chi connectivity index (χ1) is 13.4. The van der Waals surface area contributed by atoms with Crippen LogP contribution in [0.15, 0.2) is 34.2 Å². The normalized spacial score (nSPS) is 15.7. The first-order valence-electron chi connectivity index (χ1n) is 9.37. The van der Waals surface area contributed by atoms with Crippen LogP contribution in [-0.4, -0.2) is 57.2 Å². The minimum atomic E-state index is -3.52. The number of ether oxygens (including phenoxy) is 2. The molecule has 0 N–H and O–H groups in total. The summed E-state index contributed by atoms with van der Waals surface area (Å²) < 4.78 is 36.5. The molecule has 0 amide bonds. The summed E-state index contributed by atoms with van der Waals surface area (Å²) in [6, 6.07) is 6.00. The Kier molecular flexibility index (Phi) is 8.13. The van der Waals surface area contributed by atoms with E-state index in [-0.39, 0.29) is 18.1 Å². The maximum absolute atomic E-state index is 12.7. The van der Waals surface area contributed by atoms with Gasteiger partial charge < -0.3 is 9.47 Å². The standard InChI is InChI=1S/C19H26N2O6S/c1-3-26-18(22)17(19(23)27-4-2)14-20-15-8-10-16(11-9-15)28(24,25)21-12-6-5-7-13-21/h8-11,14,17H,3-7,12-13H2,1-2H3. The third-order valence-electron chi connectivity index (χ3n) is 4.24. The van der Waals surface area contributed by atoms with E-state index >= 15 is 0 Å². The van der Waals surface area contributed by atoms with Gasteiger partial charge in [-0.1, -0.05) is 6.42 Å². The van der Waals surface area contributed by atoms with Crippen molar-refractivity contribution in [3.63, 3.8) is 0 Å². The predicted molar refractivity (Wildman–Crippen MR) is 104 cm³/mol. The molecule has 0 aromatic heterocycles. The van der Waals surface area contributed by atoms with Gasteiger partial charge in [-0.3, -0.25) is 14.6 Å². The molecule has 1 saturated heterocycles. The van der Waals surface area contributed by atoms with Gasteiger partial charge >= 0.3 is 11.9 Å². The maximum Gasteiger partial charge on any atom is 0.325 e. The molecule has 1 aliphatic rings. The summed E-state index contributed by atoms with van der Waals surface area (Å²) in [7, 11) is -3.52. The van der Waals surface area contributed by atoms with Gasteiger partial charge in [0.15, 0.2) is 5.92 Å². The molecule has 1 heterocycles. The molecule has 154 valence electrons. The number of carbonyl (C=O) groups is 2. The van der Waals surface area contributed by atoms with Crippen molar-refractivity contribution in [2.75, 3.05) is 26.3 Å². The van der Waals surface area contributed by atoms with Crippen LogP contribution in [0.25, 0.3) is 0 Å². The van der Waals surface area contributed by atoms with E-state index in [4.69, 9.17) is 9.47 Å². The Hall–Kier alpha value is -2.26. The zero-order chi connectivity index (χ0) is 20.6. The molecule has 0 saturated carbocycles. The minimum Gasteiger partial charge on any atom is -0.465 e. The molecule has 0 spiro atoms. The number of esters is 2. The van der Waals surface area contributed by atoms with Crippen molar-refractivity contribution in [2.45, 2.75) is 38.0 Å². The van der Waals surface area contributed by atoms with Crippen LogP contribution in [0.5, 0.6) is 0 Å². The number of rotatable bonds is 8. The number of piperidine rings is 1. The number of carbonyl (C=O) groups excluding carboxylic acids is 2. The fraction of sp³-hybridized carbons (Fsp3) is 0.526. The van der Waals surface area contributed by atoms with Gasteiger partial charge in [-0.05, 0) is 51.0 Å². The van der Waals surface area contributed by atoms with Crippen LogP contribution in [0.4, 0.5) is 5.69 Å². The summed E-state index contributed by atoms with van der Waals surface area (Å²) in [6.07, 6.45) is 3.93. The summed E-state index contributed by atoms with van der Waals surface area (Å²) in [5.41, 5.74) is 0.413. The van der Waals surface area contributed by atoms with Gasteiger partial charge in [-0.2, -0.15) is 4.31 Å². The second-order valence-electron chi connectivity index (χ2n) is 6.22. The first-order valence-corrected chi connectivity index (χ1v) is 10.8. The molecule has 1 aliphatic heterocycles. The highest BCUT2D eigenvalue weighted by atomic mass is 32.2. The van der Waals surface area contributed by atoms with Crippen LogP contribution in [0, 0.1) is 5.92 Å². The molecule has 9 heteroatoms. The Morgan fingerprint density at radius 2 is 1.57 bits per heavy atom. The van der Waals surface area contributed by atoms with Crippen LogP contribution < -0.4 is 0 Å². The van der Waals surface area contributed by atoms with Gasteiger partial charge in [0.25, 0.3) is 0 Å². The lowest BCUT2D eigenvalue weighted by Crippen LogP contribution is -2.35. The lowest BCUT2D eigenvalue weighted by Gasteiger charge is -2.25. The molecule has 1 aromatic carbocycles. The van der Waals surface area contributed by atoms with Crippen molar-refractivity contribution in [1.82, 2.24) is 4.31 Å². The molecular weight excluding hydrogens is 384 g/mol. The largest absolute Gasteiger partial charge is 0.465 e. The lowest BCUT2D eigenvalue weighted by molar-refractivity contribution is -0.157. The van der Waals surface area contributed by atoms with E-state index in [0.29, 0.717) is 18.8 Å². The van der Waals surface area contributed by atoms with Crippen LogP contribution in [0.1, 0.15) is 33.1 Å². The Bertz CT molecular complexity index is 780. The van der Waals surface area contributed by atoms with Crippen molar-refractivity contribution < 1.29 is 27.5 Å². The molecule has 0 atom stereocenters. The van der Waals surface area contributed by atoms with Gasteiger partial charge in [0, 0.05) is 19.3 Å². The van der Waals surface area contributed by atoms with Gasteiger partial charge in [0.05, 0.1) is 23.8 Å². The summed E-state index contributed by atoms with van der Waals surface area (Å²) in [5, 5.41) is 0. The van der Waals surface area contributed by atoms with E-state index < -0.39 is 27.9 Å². The summed E-state index contributed by atoms with van der Waals surface area (Å²) in [4.78, 5) is 28.2. The van der Waals surface area contributed by atoms with E-state index in [0.717, 1.165) is 25.5 Å². The molecule has 1 aromatic rings. The highest BCUT2D eigenvalue weighted by molar-refractivity contribution is 7.89. The number of nitrogens with zero attached hydrogens (tertiary/aromatic N) is 2. The molecule has 0 radical (unpaired) electrons. The Balaban J connectivity index is 2.14. The average Bonchev–Trinajstić information content (AvgIpc) is 2.69. The molecule has 28 heavy (non-hydrogen) atoms. The van der Waals surface area contributed by atoms with Crippen molar-refractivity contribution in [2.24, 2.45) is 10.9 Å². The zero-order valence-electron chi connectivity index (χ0n) is 16.2. The van der Waals surface area contributed by atoms with Crippen LogP contribution in [0.3, 0.4) is 0 Å². The quantitative estimate of drug-likeness (QED) is 0.370. The highest BCUT2D eigenvalue weighted by Crippen LogP contribution is 2.23. The van der Waals surface area contributed by atoms with E-state index in [1.807, 2.05) is 0 Å². The number of aliphatic imine (C=N–C) groups is 1. The van der Waals surface area contributed by atoms with Gasteiger partial charge in [-0.25, -0.2) is 8.42 Å². The smallest absolute Gasteiger partial charge is 0.325 e. The van der Waals surface area contributed by atoms with E-state index in [9.17, 15) is 18.0 Å². The summed E-state index contributed by atoms with van der Waals surface area (Å²) in [5.74, 6) is -2.75. The Labute approximate surface area is 165 Å². The fourth-order valence-corrected chi connectivity index (χ4v) is 4.32. The summed E-state index contributed by atoms with van der Waals surface area (Å²) >= 11 is 0. The topological polar surface area (TPSA) is 102 Å². The molecule has 0 aliphatic carbocycles. The number of hydrogen-bond acceptors (Lipinski definition) is 7. The van der Waals surface area contributed by atoms with E-state index in [1.165, 1.54) is 28.6 Å². The monoisotopic (exact) mass is 410 g/mol.